The van der Waals surface area contributed by atoms with Crippen LogP contribution in [0.25, 0.3) is 0 Å². The first kappa shape index (κ1) is 13.3. The lowest BCUT2D eigenvalue weighted by atomic mass is 10.4. The molecule has 13 heavy (non-hydrogen) atoms. The van der Waals surface area contributed by atoms with Gasteiger partial charge in [0, 0.05) is 0 Å². The molecule has 4 nitrogen and oxygen atoms in total. The number of hydrogen-bond acceptors (Lipinski definition) is 4. The Bertz CT molecular complexity index is 107. The van der Waals surface area contributed by atoms with Gasteiger partial charge in [0.1, 0.15) is 13.2 Å². The Labute approximate surface area is 80.5 Å². The first-order valence-electron chi connectivity index (χ1n) is 4.76. The molecule has 80 valence electrons. The van der Waals surface area contributed by atoms with Crippen molar-refractivity contribution in [3.8, 4) is 0 Å². The van der Waals surface area contributed by atoms with Crippen molar-refractivity contribution in [1.82, 2.24) is 0 Å². The minimum atomic E-state index is -3.50. The van der Waals surface area contributed by atoms with Gasteiger partial charge in [-0.25, -0.2) is 0 Å². The maximum Gasteiger partial charge on any atom is 0.569 e. The summed E-state index contributed by atoms with van der Waals surface area (Å²) in [6, 6.07) is 0. The van der Waals surface area contributed by atoms with Gasteiger partial charge in [-0.3, -0.25) is 0 Å². The summed E-state index contributed by atoms with van der Waals surface area (Å²) in [5.41, 5.74) is 0. The maximum absolute atomic E-state index is 9.19. The Morgan fingerprint density at radius 1 is 0.923 bits per heavy atom. The van der Waals surface area contributed by atoms with Gasteiger partial charge < -0.3 is 0 Å². The highest BCUT2D eigenvalue weighted by Gasteiger charge is 2.38. The molecule has 0 spiro atoms. The van der Waals surface area contributed by atoms with Crippen LogP contribution in [0.4, 0.5) is 0 Å². The van der Waals surface area contributed by atoms with Crippen molar-refractivity contribution >= 4 is 8.17 Å². The second kappa shape index (κ2) is 7.65. The van der Waals surface area contributed by atoms with Crippen molar-refractivity contribution in [2.45, 2.75) is 39.5 Å². The smallest absolute Gasteiger partial charge is 0.168 e. The number of unbranched alkanes of at least 4 members (excludes halogenated alkanes) is 2. The predicted octanol–water partition coefficient (Wildman–Crippen LogP) is 2.28. The number of hydrogen-bond donors (Lipinski definition) is 2. The van der Waals surface area contributed by atoms with Gasteiger partial charge in [0.15, 0.2) is 0 Å². The van der Waals surface area contributed by atoms with Crippen molar-refractivity contribution < 1.29 is 18.8 Å². The summed E-state index contributed by atoms with van der Waals surface area (Å²) in [4.78, 5) is 18.4. The summed E-state index contributed by atoms with van der Waals surface area (Å²) in [6.45, 7) is 4.72. The minimum absolute atomic E-state index is 0.351. The molecule has 0 aliphatic heterocycles. The minimum Gasteiger partial charge on any atom is -0.168 e. The molecule has 0 atom stereocenters. The highest BCUT2D eigenvalue weighted by Crippen LogP contribution is 2.52. The molecule has 0 aliphatic rings. The highest BCUT2D eigenvalue weighted by molar-refractivity contribution is 7.54. The third-order valence-electron chi connectivity index (χ3n) is 1.51. The lowest BCUT2D eigenvalue weighted by Gasteiger charge is -2.08. The second-order valence-corrected chi connectivity index (χ2v) is 4.36. The van der Waals surface area contributed by atoms with E-state index in [4.69, 9.17) is 9.05 Å². The van der Waals surface area contributed by atoms with Crippen LogP contribution in [-0.2, 0) is 9.05 Å². The molecule has 0 radical (unpaired) electrons. The molecule has 0 amide bonds. The van der Waals surface area contributed by atoms with E-state index in [0.717, 1.165) is 25.7 Å². The van der Waals surface area contributed by atoms with E-state index in [0.29, 0.717) is 13.2 Å². The molecule has 2 N–H and O–H groups in total. The third-order valence-corrected chi connectivity index (χ3v) is 2.55. The zero-order valence-corrected chi connectivity index (χ0v) is 9.30. The summed E-state index contributed by atoms with van der Waals surface area (Å²) >= 11 is 0. The van der Waals surface area contributed by atoms with Gasteiger partial charge in [0.2, 0.25) is 0 Å². The quantitative estimate of drug-likeness (QED) is 0.477. The Hall–Kier alpha value is 0.270. The van der Waals surface area contributed by atoms with Crippen molar-refractivity contribution in [3.63, 3.8) is 0 Å². The van der Waals surface area contributed by atoms with Gasteiger partial charge >= 0.3 is 8.17 Å². The van der Waals surface area contributed by atoms with E-state index in [-0.39, 0.29) is 0 Å². The van der Waals surface area contributed by atoms with Crippen LogP contribution < -0.4 is 0 Å². The zero-order chi connectivity index (χ0) is 10.2. The molecule has 0 saturated heterocycles. The van der Waals surface area contributed by atoms with E-state index in [2.05, 4.69) is 0 Å². The summed E-state index contributed by atoms with van der Waals surface area (Å²) < 4.78 is 9.63. The molecule has 0 heterocycles. The zero-order valence-electron chi connectivity index (χ0n) is 8.40. The van der Waals surface area contributed by atoms with E-state index in [1.165, 1.54) is 0 Å². The van der Waals surface area contributed by atoms with Gasteiger partial charge in [-0.1, -0.05) is 26.7 Å². The Morgan fingerprint density at radius 3 is 1.62 bits per heavy atom. The van der Waals surface area contributed by atoms with E-state index in [9.17, 15) is 9.79 Å². The molecule has 0 fully saturated rings. The van der Waals surface area contributed by atoms with E-state index >= 15 is 0 Å². The van der Waals surface area contributed by atoms with E-state index in [1.54, 1.807) is 0 Å². The Balaban J connectivity index is 3.42. The summed E-state index contributed by atoms with van der Waals surface area (Å²) in [5.74, 6) is 0. The van der Waals surface area contributed by atoms with Crippen molar-refractivity contribution in [3.05, 3.63) is 0 Å². The predicted molar refractivity (Wildman–Crippen MR) is 53.1 cm³/mol. The van der Waals surface area contributed by atoms with Crippen LogP contribution in [0.5, 0.6) is 0 Å². The molecule has 0 unspecified atom stereocenters. The van der Waals surface area contributed by atoms with Crippen molar-refractivity contribution in [1.29, 1.82) is 0 Å². The van der Waals surface area contributed by atoms with Crippen LogP contribution in [0.15, 0.2) is 0 Å². The van der Waals surface area contributed by atoms with Crippen LogP contribution in [0.3, 0.4) is 0 Å². The maximum atomic E-state index is 9.19. The monoisotopic (exact) mass is 211 g/mol. The van der Waals surface area contributed by atoms with Crippen molar-refractivity contribution in [2.75, 3.05) is 13.2 Å². The van der Waals surface area contributed by atoms with E-state index < -0.39 is 8.17 Å². The van der Waals surface area contributed by atoms with Gasteiger partial charge in [0.25, 0.3) is 0 Å². The second-order valence-electron chi connectivity index (χ2n) is 2.86. The van der Waals surface area contributed by atoms with Gasteiger partial charge in [-0.15, -0.1) is 0 Å². The van der Waals surface area contributed by atoms with Gasteiger partial charge in [-0.2, -0.15) is 18.8 Å². The average molecular weight is 211 g/mol. The molecular weight excluding hydrogens is 191 g/mol. The first-order valence-corrected chi connectivity index (χ1v) is 6.29. The van der Waals surface area contributed by atoms with Crippen LogP contribution in [0, 0.1) is 0 Å². The summed E-state index contributed by atoms with van der Waals surface area (Å²) in [5, 5.41) is 0. The SMILES string of the molecule is CCCCO[P+](O)(O)OCCCC. The molecule has 0 aromatic heterocycles. The van der Waals surface area contributed by atoms with Crippen LogP contribution >= 0.6 is 8.17 Å². The molecule has 0 aliphatic carbocycles. The average Bonchev–Trinajstić information content (AvgIpc) is 2.05. The van der Waals surface area contributed by atoms with Crippen molar-refractivity contribution in [2.24, 2.45) is 0 Å². The topological polar surface area (TPSA) is 58.9 Å². The van der Waals surface area contributed by atoms with Crippen LogP contribution in [-0.4, -0.2) is 23.0 Å². The fourth-order valence-corrected chi connectivity index (χ4v) is 1.50. The molecule has 0 aromatic rings. The Kier molecular flexibility index (Phi) is 7.81. The van der Waals surface area contributed by atoms with Crippen LogP contribution in [0.2, 0.25) is 0 Å². The normalized spacial score (nSPS) is 12.0. The molecular formula is C8H20O4P+. The third kappa shape index (κ3) is 8.60. The lowest BCUT2D eigenvalue weighted by Crippen LogP contribution is -2.04. The first-order chi connectivity index (χ1) is 6.12. The number of rotatable bonds is 8. The fraction of sp³-hybridized carbons (Fsp3) is 1.00. The van der Waals surface area contributed by atoms with Gasteiger partial charge in [0.05, 0.1) is 0 Å². The lowest BCUT2D eigenvalue weighted by molar-refractivity contribution is 0.113. The summed E-state index contributed by atoms with van der Waals surface area (Å²) in [7, 11) is -3.50. The van der Waals surface area contributed by atoms with E-state index in [1.807, 2.05) is 13.8 Å². The molecule has 5 heteroatoms. The Morgan fingerprint density at radius 2 is 1.31 bits per heavy atom. The van der Waals surface area contributed by atoms with Crippen LogP contribution in [0.1, 0.15) is 39.5 Å². The molecule has 0 bridgehead atoms. The molecule has 0 saturated carbocycles. The fourth-order valence-electron chi connectivity index (χ4n) is 0.693. The van der Waals surface area contributed by atoms with Gasteiger partial charge in [-0.05, 0) is 12.8 Å². The highest BCUT2D eigenvalue weighted by atomic mass is 31.2. The standard InChI is InChI=1S/C8H20O4P/c1-3-5-7-11-13(9,10)12-8-6-4-2/h9-10H,3-8H2,1-2H3/q+1. The summed E-state index contributed by atoms with van der Waals surface area (Å²) in [6.07, 6.45) is 3.57. The largest absolute Gasteiger partial charge is 0.569 e. The molecule has 0 aromatic carbocycles. The molecule has 0 rings (SSSR count).